The van der Waals surface area contributed by atoms with Crippen molar-refractivity contribution >= 4 is 29.1 Å². The van der Waals surface area contributed by atoms with Gasteiger partial charge in [0, 0.05) is 6.92 Å². The summed E-state index contributed by atoms with van der Waals surface area (Å²) in [6.07, 6.45) is 1.28. The van der Waals surface area contributed by atoms with E-state index < -0.39 is 11.8 Å². The number of nitrogens with zero attached hydrogens (tertiary/aromatic N) is 3. The molecule has 0 saturated carbocycles. The average molecular weight is 314 g/mol. The molecule has 110 valence electrons. The molecule has 0 radical (unpaired) electrons. The zero-order valence-electron chi connectivity index (χ0n) is 10.6. The van der Waals surface area contributed by atoms with Gasteiger partial charge in [-0.25, -0.2) is 14.0 Å². The third-order valence-corrected chi connectivity index (χ3v) is 2.40. The highest BCUT2D eigenvalue weighted by Crippen LogP contribution is 2.21. The SMILES string of the molecule is CC(=O)ONNC(=Nc1ccc(F)c(Cl)c1)c1cnon1. The lowest BCUT2D eigenvalue weighted by Crippen LogP contribution is -2.39. The summed E-state index contributed by atoms with van der Waals surface area (Å²) in [6.45, 7) is 1.21. The Hall–Kier alpha value is -2.52. The molecule has 0 bridgehead atoms. The van der Waals surface area contributed by atoms with Crippen molar-refractivity contribution < 1.29 is 18.7 Å². The second-order valence-corrected chi connectivity index (χ2v) is 4.08. The van der Waals surface area contributed by atoms with Crippen molar-refractivity contribution in [2.75, 3.05) is 0 Å². The molecule has 1 heterocycles. The number of rotatable bonds is 4. The lowest BCUT2D eigenvalue weighted by Gasteiger charge is -2.07. The highest BCUT2D eigenvalue weighted by atomic mass is 35.5. The Morgan fingerprint density at radius 2 is 2.33 bits per heavy atom. The monoisotopic (exact) mass is 313 g/mol. The van der Waals surface area contributed by atoms with Crippen molar-refractivity contribution in [3.05, 3.63) is 40.9 Å². The molecular weight excluding hydrogens is 305 g/mol. The predicted octanol–water partition coefficient (Wildman–Crippen LogP) is 1.51. The number of hydrazine groups is 1. The van der Waals surface area contributed by atoms with Gasteiger partial charge in [0.25, 0.3) is 0 Å². The van der Waals surface area contributed by atoms with E-state index in [1.165, 1.54) is 31.3 Å². The van der Waals surface area contributed by atoms with Crippen LogP contribution < -0.4 is 11.0 Å². The van der Waals surface area contributed by atoms with Gasteiger partial charge in [-0.2, -0.15) is 0 Å². The van der Waals surface area contributed by atoms with Gasteiger partial charge < -0.3 is 4.84 Å². The number of benzene rings is 1. The van der Waals surface area contributed by atoms with Gasteiger partial charge in [-0.3, -0.25) is 10.2 Å². The first-order chi connectivity index (χ1) is 10.1. The van der Waals surface area contributed by atoms with Gasteiger partial charge in [-0.15, -0.1) is 0 Å². The molecule has 8 nitrogen and oxygen atoms in total. The summed E-state index contributed by atoms with van der Waals surface area (Å²) in [5.41, 5.74) is 5.24. The summed E-state index contributed by atoms with van der Waals surface area (Å²) in [7, 11) is 0. The van der Waals surface area contributed by atoms with Crippen LogP contribution in [0.4, 0.5) is 10.1 Å². The molecule has 0 amide bonds. The van der Waals surface area contributed by atoms with E-state index in [-0.39, 0.29) is 16.6 Å². The van der Waals surface area contributed by atoms with Crippen LogP contribution in [0.15, 0.2) is 34.0 Å². The Balaban J connectivity index is 2.23. The van der Waals surface area contributed by atoms with Crippen LogP contribution in [0.5, 0.6) is 0 Å². The first-order valence-electron chi connectivity index (χ1n) is 5.56. The summed E-state index contributed by atoms with van der Waals surface area (Å²) < 4.78 is 17.6. The number of carbonyl (C=O) groups is 1. The minimum atomic E-state index is -0.565. The maximum absolute atomic E-state index is 13.1. The Morgan fingerprint density at radius 1 is 1.52 bits per heavy atom. The molecular formula is C11H9ClFN5O3. The molecule has 0 spiro atoms. The number of hydrogen-bond donors (Lipinski definition) is 2. The summed E-state index contributed by atoms with van der Waals surface area (Å²) in [5, 5.41) is 6.93. The molecule has 0 aliphatic heterocycles. The van der Waals surface area contributed by atoms with Gasteiger partial charge in [-0.05, 0) is 23.4 Å². The van der Waals surface area contributed by atoms with Gasteiger partial charge in [0.1, 0.15) is 12.0 Å². The van der Waals surface area contributed by atoms with Crippen LogP contribution in [0.2, 0.25) is 5.02 Å². The van der Waals surface area contributed by atoms with Gasteiger partial charge in [0.2, 0.25) is 0 Å². The van der Waals surface area contributed by atoms with Crippen LogP contribution in [0.3, 0.4) is 0 Å². The first kappa shape index (κ1) is 14.9. The van der Waals surface area contributed by atoms with E-state index in [0.717, 1.165) is 0 Å². The molecule has 2 aromatic rings. The third kappa shape index (κ3) is 4.23. The highest BCUT2D eigenvalue weighted by molar-refractivity contribution is 6.31. The molecule has 21 heavy (non-hydrogen) atoms. The smallest absolute Gasteiger partial charge is 0.324 e. The molecule has 0 aliphatic carbocycles. The van der Waals surface area contributed by atoms with E-state index in [4.69, 9.17) is 11.6 Å². The van der Waals surface area contributed by atoms with Crippen molar-refractivity contribution in [2.24, 2.45) is 4.99 Å². The number of aliphatic imine (C=N–C) groups is 1. The molecule has 0 unspecified atom stereocenters. The van der Waals surface area contributed by atoms with Crippen LogP contribution in [0.25, 0.3) is 0 Å². The van der Waals surface area contributed by atoms with Gasteiger partial charge in [0.05, 0.1) is 10.7 Å². The van der Waals surface area contributed by atoms with Crippen LogP contribution in [-0.4, -0.2) is 22.1 Å². The second-order valence-electron chi connectivity index (χ2n) is 3.67. The molecule has 0 atom stereocenters. The largest absolute Gasteiger partial charge is 0.351 e. The molecule has 1 aromatic heterocycles. The van der Waals surface area contributed by atoms with E-state index in [0.29, 0.717) is 5.69 Å². The number of nitrogens with one attached hydrogen (secondary N) is 2. The summed E-state index contributed by atoms with van der Waals surface area (Å²) in [5.74, 6) is -1.00. The van der Waals surface area contributed by atoms with Crippen LogP contribution in [0.1, 0.15) is 12.6 Å². The normalized spacial score (nSPS) is 11.3. The molecule has 1 aromatic carbocycles. The van der Waals surface area contributed by atoms with Gasteiger partial charge in [-0.1, -0.05) is 22.3 Å². The fourth-order valence-corrected chi connectivity index (χ4v) is 1.42. The van der Waals surface area contributed by atoms with Crippen molar-refractivity contribution in [3.8, 4) is 0 Å². The fraction of sp³-hybridized carbons (Fsp3) is 0.0909. The number of amidine groups is 1. The maximum atomic E-state index is 13.1. The molecule has 0 fully saturated rings. The zero-order chi connectivity index (χ0) is 15.2. The number of carbonyl (C=O) groups excluding carboxylic acids is 1. The van der Waals surface area contributed by atoms with Crippen molar-refractivity contribution in [3.63, 3.8) is 0 Å². The summed E-state index contributed by atoms with van der Waals surface area (Å²) >= 11 is 5.67. The van der Waals surface area contributed by atoms with E-state index >= 15 is 0 Å². The molecule has 0 saturated heterocycles. The average Bonchev–Trinajstić information content (AvgIpc) is 2.95. The first-order valence-corrected chi connectivity index (χ1v) is 5.94. The number of halogens is 2. The zero-order valence-corrected chi connectivity index (χ0v) is 11.4. The van der Waals surface area contributed by atoms with E-state index in [2.05, 4.69) is 35.8 Å². The topological polar surface area (TPSA) is 102 Å². The van der Waals surface area contributed by atoms with E-state index in [9.17, 15) is 9.18 Å². The minimum absolute atomic E-state index is 0.0816. The quantitative estimate of drug-likeness (QED) is 0.501. The standard InChI is InChI=1S/C11H9ClFN5O3/c1-6(19)20-18-16-11(10-5-14-21-17-10)15-7-2-3-9(13)8(12)4-7/h2-5,18H,1H3,(H,15,16). The Kier molecular flexibility index (Phi) is 4.80. The predicted molar refractivity (Wildman–Crippen MR) is 69.9 cm³/mol. The maximum Gasteiger partial charge on any atom is 0.324 e. The summed E-state index contributed by atoms with van der Waals surface area (Å²) in [6, 6.07) is 3.89. The van der Waals surface area contributed by atoms with Gasteiger partial charge >= 0.3 is 5.97 Å². The van der Waals surface area contributed by atoms with Crippen molar-refractivity contribution in [1.82, 2.24) is 21.3 Å². The third-order valence-electron chi connectivity index (χ3n) is 2.11. The highest BCUT2D eigenvalue weighted by Gasteiger charge is 2.09. The van der Waals surface area contributed by atoms with Crippen molar-refractivity contribution in [2.45, 2.75) is 6.92 Å². The van der Waals surface area contributed by atoms with E-state index in [1.807, 2.05) is 0 Å². The Bertz CT molecular complexity index is 662. The molecule has 2 N–H and O–H groups in total. The molecule has 2 rings (SSSR count). The lowest BCUT2D eigenvalue weighted by molar-refractivity contribution is -0.149. The van der Waals surface area contributed by atoms with Gasteiger partial charge in [0.15, 0.2) is 11.5 Å². The molecule has 0 aliphatic rings. The summed E-state index contributed by atoms with van der Waals surface area (Å²) in [4.78, 5) is 19.3. The minimum Gasteiger partial charge on any atom is -0.351 e. The van der Waals surface area contributed by atoms with E-state index in [1.54, 1.807) is 0 Å². The van der Waals surface area contributed by atoms with Crippen molar-refractivity contribution in [1.29, 1.82) is 0 Å². The lowest BCUT2D eigenvalue weighted by atomic mass is 10.3. The Morgan fingerprint density at radius 3 is 2.95 bits per heavy atom. The molecule has 10 heteroatoms. The fourth-order valence-electron chi connectivity index (χ4n) is 1.25. The Labute approximate surface area is 122 Å². The van der Waals surface area contributed by atoms with Crippen LogP contribution >= 0.6 is 11.6 Å². The van der Waals surface area contributed by atoms with Crippen LogP contribution in [-0.2, 0) is 9.63 Å². The number of hydrogen-bond acceptors (Lipinski definition) is 7. The van der Waals surface area contributed by atoms with Crippen LogP contribution in [0, 0.1) is 5.82 Å². The number of aromatic nitrogens is 2. The second kappa shape index (κ2) is 6.77.